The number of benzene rings is 1. The summed E-state index contributed by atoms with van der Waals surface area (Å²) in [5.74, 6) is -0.124. The summed E-state index contributed by atoms with van der Waals surface area (Å²) in [4.78, 5) is 11.8. The molecule has 0 aliphatic rings. The standard InChI is InChI=1S/C15H18N4O/c1-12(11-19-10-2-9-17-19)18-15(20)8-5-13-3-6-14(16)7-4-13/h2-10,12H,11,16H2,1H3,(H,18,20)/b8-5+. The first-order valence-electron chi connectivity index (χ1n) is 6.45. The zero-order valence-electron chi connectivity index (χ0n) is 11.4. The van der Waals surface area contributed by atoms with Gasteiger partial charge >= 0.3 is 0 Å². The number of carbonyl (C=O) groups excluding carboxylic acids is 1. The number of aromatic nitrogens is 2. The quantitative estimate of drug-likeness (QED) is 0.641. The summed E-state index contributed by atoms with van der Waals surface area (Å²) in [5, 5.41) is 6.99. The van der Waals surface area contributed by atoms with E-state index < -0.39 is 0 Å². The predicted molar refractivity (Wildman–Crippen MR) is 79.7 cm³/mol. The molecule has 1 unspecified atom stereocenters. The molecule has 2 rings (SSSR count). The van der Waals surface area contributed by atoms with Gasteiger partial charge in [-0.25, -0.2) is 0 Å². The van der Waals surface area contributed by atoms with Gasteiger partial charge in [0, 0.05) is 30.2 Å². The van der Waals surface area contributed by atoms with Gasteiger partial charge in [-0.1, -0.05) is 12.1 Å². The fourth-order valence-corrected chi connectivity index (χ4v) is 1.80. The second kappa shape index (κ2) is 6.56. The maximum Gasteiger partial charge on any atom is 0.244 e. The predicted octanol–water partition coefficient (Wildman–Crippen LogP) is 1.68. The molecule has 1 atom stereocenters. The number of hydrogen-bond acceptors (Lipinski definition) is 3. The molecular formula is C15H18N4O. The molecule has 2 aromatic rings. The molecule has 0 aliphatic heterocycles. The molecule has 0 spiro atoms. The van der Waals surface area contributed by atoms with E-state index in [0.29, 0.717) is 12.2 Å². The molecule has 1 heterocycles. The SMILES string of the molecule is CC(Cn1cccn1)NC(=O)/C=C/c1ccc(N)cc1. The summed E-state index contributed by atoms with van der Waals surface area (Å²) in [7, 11) is 0. The Balaban J connectivity index is 1.84. The van der Waals surface area contributed by atoms with Crippen LogP contribution < -0.4 is 11.1 Å². The van der Waals surface area contributed by atoms with Crippen LogP contribution in [0.1, 0.15) is 12.5 Å². The van der Waals surface area contributed by atoms with Crippen molar-refractivity contribution in [2.75, 3.05) is 5.73 Å². The van der Waals surface area contributed by atoms with Crippen molar-refractivity contribution >= 4 is 17.7 Å². The van der Waals surface area contributed by atoms with Gasteiger partial charge in [-0.2, -0.15) is 5.10 Å². The summed E-state index contributed by atoms with van der Waals surface area (Å²) in [5.41, 5.74) is 7.25. The summed E-state index contributed by atoms with van der Waals surface area (Å²) in [6.07, 6.45) is 6.86. The Labute approximate surface area is 118 Å². The summed E-state index contributed by atoms with van der Waals surface area (Å²) < 4.78 is 1.79. The summed E-state index contributed by atoms with van der Waals surface area (Å²) in [6, 6.07) is 9.21. The fraction of sp³-hybridized carbons (Fsp3) is 0.200. The largest absolute Gasteiger partial charge is 0.399 e. The third-order valence-electron chi connectivity index (χ3n) is 2.77. The highest BCUT2D eigenvalue weighted by molar-refractivity contribution is 5.91. The molecule has 0 aliphatic carbocycles. The summed E-state index contributed by atoms with van der Waals surface area (Å²) in [6.45, 7) is 2.59. The highest BCUT2D eigenvalue weighted by atomic mass is 16.1. The molecule has 1 amide bonds. The molecule has 1 aromatic carbocycles. The number of nitrogens with two attached hydrogens (primary N) is 1. The molecule has 0 fully saturated rings. The van der Waals surface area contributed by atoms with E-state index in [9.17, 15) is 4.79 Å². The van der Waals surface area contributed by atoms with E-state index in [1.807, 2.05) is 31.3 Å². The molecule has 0 saturated carbocycles. The number of anilines is 1. The number of carbonyl (C=O) groups is 1. The molecule has 20 heavy (non-hydrogen) atoms. The lowest BCUT2D eigenvalue weighted by molar-refractivity contribution is -0.117. The van der Waals surface area contributed by atoms with Crippen molar-refractivity contribution in [2.24, 2.45) is 0 Å². The monoisotopic (exact) mass is 270 g/mol. The van der Waals surface area contributed by atoms with Crippen LogP contribution in [0.2, 0.25) is 0 Å². The van der Waals surface area contributed by atoms with Crippen molar-refractivity contribution in [3.63, 3.8) is 0 Å². The molecule has 5 nitrogen and oxygen atoms in total. The maximum atomic E-state index is 11.8. The lowest BCUT2D eigenvalue weighted by Gasteiger charge is -2.12. The lowest BCUT2D eigenvalue weighted by atomic mass is 10.2. The normalized spacial score (nSPS) is 12.4. The van der Waals surface area contributed by atoms with Gasteiger partial charge in [-0.3, -0.25) is 9.48 Å². The van der Waals surface area contributed by atoms with Gasteiger partial charge in [0.15, 0.2) is 0 Å². The van der Waals surface area contributed by atoms with E-state index >= 15 is 0 Å². The van der Waals surface area contributed by atoms with Gasteiger partial charge in [0.05, 0.1) is 6.54 Å². The first kappa shape index (κ1) is 13.9. The van der Waals surface area contributed by atoms with E-state index in [0.717, 1.165) is 5.56 Å². The summed E-state index contributed by atoms with van der Waals surface area (Å²) >= 11 is 0. The zero-order chi connectivity index (χ0) is 14.4. The van der Waals surface area contributed by atoms with Crippen molar-refractivity contribution in [3.8, 4) is 0 Å². The Kier molecular flexibility index (Phi) is 4.55. The van der Waals surface area contributed by atoms with Crippen molar-refractivity contribution in [2.45, 2.75) is 19.5 Å². The Morgan fingerprint density at radius 2 is 2.20 bits per heavy atom. The van der Waals surface area contributed by atoms with Crippen molar-refractivity contribution in [3.05, 3.63) is 54.4 Å². The molecule has 0 radical (unpaired) electrons. The van der Waals surface area contributed by atoms with E-state index in [-0.39, 0.29) is 11.9 Å². The zero-order valence-corrected chi connectivity index (χ0v) is 11.4. The smallest absolute Gasteiger partial charge is 0.244 e. The van der Waals surface area contributed by atoms with E-state index in [2.05, 4.69) is 10.4 Å². The Bertz CT molecular complexity index is 572. The molecule has 0 saturated heterocycles. The van der Waals surface area contributed by atoms with Gasteiger partial charge in [-0.05, 0) is 36.8 Å². The second-order valence-electron chi connectivity index (χ2n) is 4.64. The van der Waals surface area contributed by atoms with Crippen LogP contribution in [0.3, 0.4) is 0 Å². The van der Waals surface area contributed by atoms with Crippen LogP contribution in [0.4, 0.5) is 5.69 Å². The van der Waals surface area contributed by atoms with Crippen LogP contribution in [0, 0.1) is 0 Å². The average Bonchev–Trinajstić information content (AvgIpc) is 2.90. The highest BCUT2D eigenvalue weighted by Gasteiger charge is 2.05. The molecule has 104 valence electrons. The third kappa shape index (κ3) is 4.28. The molecule has 5 heteroatoms. The number of nitrogens with zero attached hydrogens (tertiary/aromatic N) is 2. The number of hydrogen-bond donors (Lipinski definition) is 2. The number of amides is 1. The van der Waals surface area contributed by atoms with E-state index in [1.54, 1.807) is 29.1 Å². The fourth-order valence-electron chi connectivity index (χ4n) is 1.80. The van der Waals surface area contributed by atoms with E-state index in [1.165, 1.54) is 6.08 Å². The maximum absolute atomic E-state index is 11.8. The molecular weight excluding hydrogens is 252 g/mol. The second-order valence-corrected chi connectivity index (χ2v) is 4.64. The molecule has 1 aromatic heterocycles. The third-order valence-corrected chi connectivity index (χ3v) is 2.77. The van der Waals surface area contributed by atoms with Gasteiger partial charge in [0.1, 0.15) is 0 Å². The minimum Gasteiger partial charge on any atom is -0.399 e. The first-order valence-corrected chi connectivity index (χ1v) is 6.45. The molecule has 0 bridgehead atoms. The van der Waals surface area contributed by atoms with Crippen molar-refractivity contribution < 1.29 is 4.79 Å². The van der Waals surface area contributed by atoms with Crippen LogP contribution in [-0.4, -0.2) is 21.7 Å². The van der Waals surface area contributed by atoms with Crippen LogP contribution in [0.15, 0.2) is 48.8 Å². The van der Waals surface area contributed by atoms with Crippen LogP contribution >= 0.6 is 0 Å². The van der Waals surface area contributed by atoms with Crippen LogP contribution in [0.25, 0.3) is 6.08 Å². The Morgan fingerprint density at radius 1 is 1.45 bits per heavy atom. The number of nitrogen functional groups attached to an aromatic ring is 1. The number of rotatable bonds is 5. The lowest BCUT2D eigenvalue weighted by Crippen LogP contribution is -2.34. The van der Waals surface area contributed by atoms with Gasteiger partial charge in [0.25, 0.3) is 0 Å². The van der Waals surface area contributed by atoms with Crippen LogP contribution in [-0.2, 0) is 11.3 Å². The Hall–Kier alpha value is -2.56. The van der Waals surface area contributed by atoms with Gasteiger partial charge in [0.2, 0.25) is 5.91 Å². The van der Waals surface area contributed by atoms with E-state index in [4.69, 9.17) is 5.73 Å². The van der Waals surface area contributed by atoms with Crippen molar-refractivity contribution in [1.29, 1.82) is 0 Å². The highest BCUT2D eigenvalue weighted by Crippen LogP contribution is 2.06. The van der Waals surface area contributed by atoms with Crippen molar-refractivity contribution in [1.82, 2.24) is 15.1 Å². The van der Waals surface area contributed by atoms with Crippen LogP contribution in [0.5, 0.6) is 0 Å². The first-order chi connectivity index (χ1) is 9.63. The van der Waals surface area contributed by atoms with Gasteiger partial charge in [-0.15, -0.1) is 0 Å². The van der Waals surface area contributed by atoms with Gasteiger partial charge < -0.3 is 11.1 Å². The number of nitrogens with one attached hydrogen (secondary N) is 1. The minimum absolute atomic E-state index is 0.0125. The topological polar surface area (TPSA) is 72.9 Å². The molecule has 3 N–H and O–H groups in total. The average molecular weight is 270 g/mol. The minimum atomic E-state index is -0.124. The Morgan fingerprint density at radius 3 is 2.85 bits per heavy atom.